The molecular formula is C18H29N3. The van der Waals surface area contributed by atoms with Gasteiger partial charge in [-0.1, -0.05) is 31.7 Å². The van der Waals surface area contributed by atoms with E-state index in [-0.39, 0.29) is 0 Å². The summed E-state index contributed by atoms with van der Waals surface area (Å²) in [7, 11) is 0. The van der Waals surface area contributed by atoms with Gasteiger partial charge in [0.1, 0.15) is 0 Å². The van der Waals surface area contributed by atoms with Crippen LogP contribution in [0.4, 0.5) is 0 Å². The molecule has 1 N–H and O–H groups in total. The molecule has 21 heavy (non-hydrogen) atoms. The Labute approximate surface area is 129 Å². The van der Waals surface area contributed by atoms with Gasteiger partial charge >= 0.3 is 0 Å². The van der Waals surface area contributed by atoms with Crippen molar-refractivity contribution in [1.82, 2.24) is 15.2 Å². The summed E-state index contributed by atoms with van der Waals surface area (Å²) in [4.78, 5) is 7.02. The maximum Gasteiger partial charge on any atom is 0.0334 e. The molecule has 3 heteroatoms. The van der Waals surface area contributed by atoms with E-state index in [0.717, 1.165) is 13.1 Å². The SMILES string of the molecule is c1cncc(CNCC2(N3CCCCC3)CCCCC2)c1. The molecule has 2 aliphatic rings. The average molecular weight is 287 g/mol. The Bertz CT molecular complexity index is 406. The van der Waals surface area contributed by atoms with Crippen LogP contribution in [0.15, 0.2) is 24.5 Å². The number of pyridine rings is 1. The summed E-state index contributed by atoms with van der Waals surface area (Å²) in [6.07, 6.45) is 15.0. The van der Waals surface area contributed by atoms with Crippen molar-refractivity contribution >= 4 is 0 Å². The van der Waals surface area contributed by atoms with Crippen molar-refractivity contribution in [3.05, 3.63) is 30.1 Å². The van der Waals surface area contributed by atoms with E-state index >= 15 is 0 Å². The largest absolute Gasteiger partial charge is 0.311 e. The second-order valence-corrected chi connectivity index (χ2v) is 6.80. The van der Waals surface area contributed by atoms with Crippen LogP contribution >= 0.6 is 0 Å². The molecule has 0 bridgehead atoms. The number of nitrogens with one attached hydrogen (secondary N) is 1. The maximum absolute atomic E-state index is 4.21. The zero-order chi connectivity index (χ0) is 14.4. The summed E-state index contributed by atoms with van der Waals surface area (Å²) in [5, 5.41) is 3.73. The molecule has 1 saturated carbocycles. The van der Waals surface area contributed by atoms with Gasteiger partial charge in [0.25, 0.3) is 0 Å². The van der Waals surface area contributed by atoms with E-state index in [2.05, 4.69) is 21.3 Å². The summed E-state index contributed by atoms with van der Waals surface area (Å²) in [5.74, 6) is 0. The predicted octanol–water partition coefficient (Wildman–Crippen LogP) is 3.36. The molecule has 0 aromatic carbocycles. The Hall–Kier alpha value is -0.930. The number of likely N-dealkylation sites (tertiary alicyclic amines) is 1. The molecule has 0 radical (unpaired) electrons. The molecule has 1 aromatic rings. The Morgan fingerprint density at radius 1 is 1.05 bits per heavy atom. The first-order valence-corrected chi connectivity index (χ1v) is 8.74. The highest BCUT2D eigenvalue weighted by molar-refractivity contribution is 5.08. The third kappa shape index (κ3) is 3.83. The molecule has 116 valence electrons. The lowest BCUT2D eigenvalue weighted by Crippen LogP contribution is -2.57. The minimum atomic E-state index is 0.431. The molecule has 3 nitrogen and oxygen atoms in total. The minimum Gasteiger partial charge on any atom is -0.311 e. The third-order valence-electron chi connectivity index (χ3n) is 5.32. The van der Waals surface area contributed by atoms with Crippen molar-refractivity contribution in [2.75, 3.05) is 19.6 Å². The molecule has 0 atom stereocenters. The van der Waals surface area contributed by atoms with Crippen LogP contribution in [-0.4, -0.2) is 35.1 Å². The molecular weight excluding hydrogens is 258 g/mol. The van der Waals surface area contributed by atoms with E-state index in [1.807, 2.05) is 18.5 Å². The van der Waals surface area contributed by atoms with Gasteiger partial charge in [0.05, 0.1) is 0 Å². The quantitative estimate of drug-likeness (QED) is 0.900. The van der Waals surface area contributed by atoms with Crippen LogP contribution in [0, 0.1) is 0 Å². The highest BCUT2D eigenvalue weighted by Crippen LogP contribution is 2.35. The number of nitrogens with zero attached hydrogens (tertiary/aromatic N) is 2. The fourth-order valence-electron chi connectivity index (χ4n) is 4.13. The smallest absolute Gasteiger partial charge is 0.0334 e. The van der Waals surface area contributed by atoms with Crippen LogP contribution in [0.5, 0.6) is 0 Å². The van der Waals surface area contributed by atoms with Crippen molar-refractivity contribution in [2.45, 2.75) is 63.5 Å². The van der Waals surface area contributed by atoms with Gasteiger partial charge in [-0.3, -0.25) is 9.88 Å². The van der Waals surface area contributed by atoms with Gasteiger partial charge in [-0.15, -0.1) is 0 Å². The molecule has 1 aliphatic heterocycles. The molecule has 0 unspecified atom stereocenters. The first-order chi connectivity index (χ1) is 10.4. The van der Waals surface area contributed by atoms with E-state index in [4.69, 9.17) is 0 Å². The Balaban J connectivity index is 1.59. The molecule has 2 heterocycles. The molecule has 3 rings (SSSR count). The summed E-state index contributed by atoms with van der Waals surface area (Å²) >= 11 is 0. The fourth-order valence-corrected chi connectivity index (χ4v) is 4.13. The van der Waals surface area contributed by atoms with Gasteiger partial charge in [0, 0.05) is 31.0 Å². The van der Waals surface area contributed by atoms with Crippen molar-refractivity contribution in [3.8, 4) is 0 Å². The maximum atomic E-state index is 4.21. The average Bonchev–Trinajstić information content (AvgIpc) is 2.58. The summed E-state index contributed by atoms with van der Waals surface area (Å²) in [6.45, 7) is 4.72. The second-order valence-electron chi connectivity index (χ2n) is 6.80. The normalized spacial score (nSPS) is 23.0. The van der Waals surface area contributed by atoms with Gasteiger partial charge in [0.2, 0.25) is 0 Å². The van der Waals surface area contributed by atoms with E-state index in [1.165, 1.54) is 70.0 Å². The molecule has 0 spiro atoms. The summed E-state index contributed by atoms with van der Waals surface area (Å²) < 4.78 is 0. The number of rotatable bonds is 5. The number of piperidine rings is 1. The van der Waals surface area contributed by atoms with E-state index < -0.39 is 0 Å². The third-order valence-corrected chi connectivity index (χ3v) is 5.32. The lowest BCUT2D eigenvalue weighted by Gasteiger charge is -2.48. The second kappa shape index (κ2) is 7.37. The lowest BCUT2D eigenvalue weighted by atomic mass is 9.79. The zero-order valence-electron chi connectivity index (χ0n) is 13.2. The zero-order valence-corrected chi connectivity index (χ0v) is 13.2. The van der Waals surface area contributed by atoms with E-state index in [0.29, 0.717) is 5.54 Å². The molecule has 2 fully saturated rings. The standard InChI is InChI=1S/C18H29N3/c1-3-9-18(10-4-1,21-12-5-2-6-13-21)16-20-15-17-8-7-11-19-14-17/h7-8,11,14,20H,1-6,9-10,12-13,15-16H2. The molecule has 0 amide bonds. The van der Waals surface area contributed by atoms with E-state index in [9.17, 15) is 0 Å². The lowest BCUT2D eigenvalue weighted by molar-refractivity contribution is 0.0333. The topological polar surface area (TPSA) is 28.2 Å². The van der Waals surface area contributed by atoms with Gasteiger partial charge in [-0.25, -0.2) is 0 Å². The highest BCUT2D eigenvalue weighted by Gasteiger charge is 2.37. The fraction of sp³-hybridized carbons (Fsp3) is 0.722. The van der Waals surface area contributed by atoms with Crippen molar-refractivity contribution in [2.24, 2.45) is 0 Å². The first kappa shape index (κ1) is 15.0. The van der Waals surface area contributed by atoms with Crippen molar-refractivity contribution in [1.29, 1.82) is 0 Å². The molecule has 1 aliphatic carbocycles. The van der Waals surface area contributed by atoms with Crippen LogP contribution in [-0.2, 0) is 6.54 Å². The summed E-state index contributed by atoms with van der Waals surface area (Å²) in [6, 6.07) is 4.19. The molecule has 1 saturated heterocycles. The van der Waals surface area contributed by atoms with Gasteiger partial charge < -0.3 is 5.32 Å². The summed E-state index contributed by atoms with van der Waals surface area (Å²) in [5.41, 5.74) is 1.73. The van der Waals surface area contributed by atoms with E-state index in [1.54, 1.807) is 0 Å². The predicted molar refractivity (Wildman–Crippen MR) is 87.2 cm³/mol. The van der Waals surface area contributed by atoms with Gasteiger partial charge in [-0.2, -0.15) is 0 Å². The van der Waals surface area contributed by atoms with Crippen LogP contribution < -0.4 is 5.32 Å². The Morgan fingerprint density at radius 3 is 2.52 bits per heavy atom. The number of hydrogen-bond acceptors (Lipinski definition) is 3. The van der Waals surface area contributed by atoms with Crippen LogP contribution in [0.25, 0.3) is 0 Å². The minimum absolute atomic E-state index is 0.431. The van der Waals surface area contributed by atoms with Gasteiger partial charge in [-0.05, 0) is 50.4 Å². The monoisotopic (exact) mass is 287 g/mol. The van der Waals surface area contributed by atoms with Crippen LogP contribution in [0.1, 0.15) is 56.9 Å². The van der Waals surface area contributed by atoms with Crippen molar-refractivity contribution in [3.63, 3.8) is 0 Å². The number of hydrogen-bond donors (Lipinski definition) is 1. The highest BCUT2D eigenvalue weighted by atomic mass is 15.2. The van der Waals surface area contributed by atoms with Crippen LogP contribution in [0.2, 0.25) is 0 Å². The molecule has 1 aromatic heterocycles. The van der Waals surface area contributed by atoms with Crippen LogP contribution in [0.3, 0.4) is 0 Å². The Morgan fingerprint density at radius 2 is 1.81 bits per heavy atom. The Kier molecular flexibility index (Phi) is 5.26. The van der Waals surface area contributed by atoms with Gasteiger partial charge in [0.15, 0.2) is 0 Å². The number of aromatic nitrogens is 1. The van der Waals surface area contributed by atoms with Crippen molar-refractivity contribution < 1.29 is 0 Å². The first-order valence-electron chi connectivity index (χ1n) is 8.74.